The van der Waals surface area contributed by atoms with Gasteiger partial charge in [-0.1, -0.05) is 19.9 Å². The van der Waals surface area contributed by atoms with E-state index in [1.54, 1.807) is 6.20 Å². The minimum Gasteiger partial charge on any atom is -0.360 e. The number of nitrogens with one attached hydrogen (secondary N) is 2. The van der Waals surface area contributed by atoms with Gasteiger partial charge in [-0.15, -0.1) is 0 Å². The lowest BCUT2D eigenvalue weighted by atomic mass is 10.2. The highest BCUT2D eigenvalue weighted by Crippen LogP contribution is 2.09. The minimum atomic E-state index is 0.434. The van der Waals surface area contributed by atoms with E-state index in [0.29, 0.717) is 11.2 Å². The van der Waals surface area contributed by atoms with E-state index < -0.39 is 0 Å². The van der Waals surface area contributed by atoms with Crippen molar-refractivity contribution in [3.8, 4) is 0 Å². The molecule has 0 aliphatic heterocycles. The Balaban J connectivity index is 2.55. The molecule has 1 aromatic rings. The summed E-state index contributed by atoms with van der Waals surface area (Å²) in [4.78, 5) is 4.24. The van der Waals surface area contributed by atoms with Crippen LogP contribution in [0.4, 0.5) is 5.82 Å². The first-order chi connectivity index (χ1) is 7.67. The predicted molar refractivity (Wildman–Crippen MR) is 72.7 cm³/mol. The molecule has 0 amide bonds. The molecule has 1 aromatic heterocycles. The molecule has 16 heavy (non-hydrogen) atoms. The summed E-state index contributed by atoms with van der Waals surface area (Å²) in [6, 6.07) is 4.36. The molecule has 0 saturated carbocycles. The minimum absolute atomic E-state index is 0.434. The lowest BCUT2D eigenvalue weighted by Crippen LogP contribution is -2.37. The second-order valence-corrected chi connectivity index (χ2v) is 4.19. The van der Waals surface area contributed by atoms with E-state index in [1.165, 1.54) is 0 Å². The molecule has 1 rings (SSSR count). The molecule has 0 fully saturated rings. The maximum Gasteiger partial charge on any atom is 0.172 e. The van der Waals surface area contributed by atoms with Crippen molar-refractivity contribution in [2.24, 2.45) is 0 Å². The van der Waals surface area contributed by atoms with Crippen molar-refractivity contribution in [1.29, 1.82) is 0 Å². The number of rotatable bonds is 4. The van der Waals surface area contributed by atoms with Gasteiger partial charge in [0.1, 0.15) is 5.82 Å². The Labute approximate surface area is 103 Å². The molecule has 0 aliphatic carbocycles. The van der Waals surface area contributed by atoms with Crippen LogP contribution in [0.25, 0.3) is 0 Å². The van der Waals surface area contributed by atoms with Gasteiger partial charge in [-0.25, -0.2) is 4.98 Å². The van der Waals surface area contributed by atoms with Gasteiger partial charge in [0.2, 0.25) is 0 Å². The third kappa shape index (κ3) is 3.77. The Morgan fingerprint density at radius 1 is 1.44 bits per heavy atom. The number of aryl methyl sites for hydroxylation is 1. The van der Waals surface area contributed by atoms with Crippen molar-refractivity contribution < 1.29 is 0 Å². The van der Waals surface area contributed by atoms with Gasteiger partial charge in [0.25, 0.3) is 0 Å². The Morgan fingerprint density at radius 3 is 2.69 bits per heavy atom. The van der Waals surface area contributed by atoms with Crippen LogP contribution in [-0.4, -0.2) is 16.1 Å². The number of aromatic nitrogens is 1. The molecule has 2 N–H and O–H groups in total. The quantitative estimate of drug-likeness (QED) is 0.790. The van der Waals surface area contributed by atoms with Crippen LogP contribution >= 0.6 is 12.2 Å². The zero-order valence-corrected chi connectivity index (χ0v) is 10.9. The summed E-state index contributed by atoms with van der Waals surface area (Å²) in [5.74, 6) is 0.825. The fourth-order valence-electron chi connectivity index (χ4n) is 1.44. The van der Waals surface area contributed by atoms with E-state index >= 15 is 0 Å². The Hall–Kier alpha value is -1.16. The van der Waals surface area contributed by atoms with Crippen molar-refractivity contribution in [3.63, 3.8) is 0 Å². The smallest absolute Gasteiger partial charge is 0.172 e. The highest BCUT2D eigenvalue weighted by atomic mass is 32.1. The average Bonchev–Trinajstić information content (AvgIpc) is 2.29. The van der Waals surface area contributed by atoms with Gasteiger partial charge in [0.15, 0.2) is 5.11 Å². The molecular formula is C12H19N3S. The van der Waals surface area contributed by atoms with Crippen LogP contribution in [-0.2, 0) is 0 Å². The molecule has 0 radical (unpaired) electrons. The van der Waals surface area contributed by atoms with E-state index in [0.717, 1.165) is 24.2 Å². The van der Waals surface area contributed by atoms with Gasteiger partial charge in [0.05, 0.1) is 0 Å². The Kier molecular flexibility index (Phi) is 5.19. The van der Waals surface area contributed by atoms with Crippen LogP contribution in [0.3, 0.4) is 0 Å². The van der Waals surface area contributed by atoms with E-state index in [1.807, 2.05) is 19.1 Å². The second kappa shape index (κ2) is 6.43. The van der Waals surface area contributed by atoms with Crippen molar-refractivity contribution in [3.05, 3.63) is 23.9 Å². The fourth-order valence-corrected chi connectivity index (χ4v) is 1.70. The maximum atomic E-state index is 5.24. The summed E-state index contributed by atoms with van der Waals surface area (Å²) in [6.45, 7) is 6.31. The summed E-state index contributed by atoms with van der Waals surface area (Å²) in [5, 5.41) is 7.04. The SMILES string of the molecule is CCC(CC)NC(=S)Nc1ncccc1C. The van der Waals surface area contributed by atoms with E-state index in [9.17, 15) is 0 Å². The monoisotopic (exact) mass is 237 g/mol. The third-order valence-corrected chi connectivity index (χ3v) is 2.78. The van der Waals surface area contributed by atoms with Crippen molar-refractivity contribution in [1.82, 2.24) is 10.3 Å². The number of hydrogen-bond donors (Lipinski definition) is 2. The lowest BCUT2D eigenvalue weighted by Gasteiger charge is -2.18. The van der Waals surface area contributed by atoms with Crippen LogP contribution in [0.1, 0.15) is 32.3 Å². The molecule has 0 unspecified atom stereocenters. The third-order valence-electron chi connectivity index (χ3n) is 2.56. The second-order valence-electron chi connectivity index (χ2n) is 3.78. The number of anilines is 1. The van der Waals surface area contributed by atoms with E-state index in [-0.39, 0.29) is 0 Å². The van der Waals surface area contributed by atoms with Crippen molar-refractivity contribution >= 4 is 23.1 Å². The summed E-state index contributed by atoms with van der Waals surface area (Å²) in [6.07, 6.45) is 3.90. The van der Waals surface area contributed by atoms with Crippen LogP contribution in [0.15, 0.2) is 18.3 Å². The molecule has 0 atom stereocenters. The molecule has 4 heteroatoms. The van der Waals surface area contributed by atoms with E-state index in [4.69, 9.17) is 12.2 Å². The van der Waals surface area contributed by atoms with Crippen molar-refractivity contribution in [2.45, 2.75) is 39.7 Å². The van der Waals surface area contributed by atoms with Crippen LogP contribution in [0.5, 0.6) is 0 Å². The average molecular weight is 237 g/mol. The zero-order chi connectivity index (χ0) is 12.0. The first-order valence-corrected chi connectivity index (χ1v) is 6.07. The van der Waals surface area contributed by atoms with Gasteiger partial charge < -0.3 is 10.6 Å². The number of pyridine rings is 1. The van der Waals surface area contributed by atoms with Gasteiger partial charge in [-0.3, -0.25) is 0 Å². The molecule has 0 spiro atoms. The molecule has 0 aromatic carbocycles. The van der Waals surface area contributed by atoms with Crippen molar-refractivity contribution in [2.75, 3.05) is 5.32 Å². The topological polar surface area (TPSA) is 37.0 Å². The molecule has 0 bridgehead atoms. The number of hydrogen-bond acceptors (Lipinski definition) is 2. The highest BCUT2D eigenvalue weighted by molar-refractivity contribution is 7.80. The largest absolute Gasteiger partial charge is 0.360 e. The maximum absolute atomic E-state index is 5.24. The first kappa shape index (κ1) is 12.9. The number of nitrogens with zero attached hydrogens (tertiary/aromatic N) is 1. The summed E-state index contributed by atoms with van der Waals surface area (Å²) >= 11 is 5.24. The molecule has 0 saturated heterocycles. The van der Waals surface area contributed by atoms with Gasteiger partial charge in [0, 0.05) is 12.2 Å². The molecule has 88 valence electrons. The lowest BCUT2D eigenvalue weighted by molar-refractivity contribution is 0.573. The van der Waals surface area contributed by atoms with Crippen LogP contribution in [0, 0.1) is 6.92 Å². The Bertz CT molecular complexity index is 348. The van der Waals surface area contributed by atoms with Crippen LogP contribution in [0.2, 0.25) is 0 Å². The number of thiocarbonyl (C=S) groups is 1. The van der Waals surface area contributed by atoms with Gasteiger partial charge >= 0.3 is 0 Å². The van der Waals surface area contributed by atoms with Crippen LogP contribution < -0.4 is 10.6 Å². The fraction of sp³-hybridized carbons (Fsp3) is 0.500. The van der Waals surface area contributed by atoms with Gasteiger partial charge in [-0.05, 0) is 43.6 Å². The standard InChI is InChI=1S/C12H19N3S/c1-4-10(5-2)14-12(16)15-11-9(3)7-6-8-13-11/h6-8,10H,4-5H2,1-3H3,(H2,13,14,15,16). The predicted octanol–water partition coefficient (Wildman–Crippen LogP) is 2.87. The Morgan fingerprint density at radius 2 is 2.12 bits per heavy atom. The first-order valence-electron chi connectivity index (χ1n) is 5.66. The molecule has 0 aliphatic rings. The summed E-state index contributed by atoms with van der Waals surface area (Å²) < 4.78 is 0. The normalized spacial score (nSPS) is 10.2. The summed E-state index contributed by atoms with van der Waals surface area (Å²) in [5.41, 5.74) is 1.09. The highest BCUT2D eigenvalue weighted by Gasteiger charge is 2.06. The molecule has 1 heterocycles. The molecule has 3 nitrogen and oxygen atoms in total. The van der Waals surface area contributed by atoms with Gasteiger partial charge in [-0.2, -0.15) is 0 Å². The molecular weight excluding hydrogens is 218 g/mol. The zero-order valence-electron chi connectivity index (χ0n) is 10.1. The summed E-state index contributed by atoms with van der Waals surface area (Å²) in [7, 11) is 0. The van der Waals surface area contributed by atoms with E-state index in [2.05, 4.69) is 29.5 Å².